The van der Waals surface area contributed by atoms with Crippen LogP contribution in [0.25, 0.3) is 11.0 Å². The van der Waals surface area contributed by atoms with Gasteiger partial charge in [0.1, 0.15) is 34.8 Å². The van der Waals surface area contributed by atoms with E-state index in [0.717, 1.165) is 0 Å². The average Bonchev–Trinajstić information content (AvgIpc) is 3.01. The van der Waals surface area contributed by atoms with Crippen LogP contribution >= 0.6 is 0 Å². The molecule has 1 aliphatic rings. The number of fused-ring (bicyclic) bond motifs is 2. The van der Waals surface area contributed by atoms with Crippen LogP contribution in [-0.2, 0) is 0 Å². The van der Waals surface area contributed by atoms with E-state index in [0.29, 0.717) is 52.5 Å². The first-order valence-corrected chi connectivity index (χ1v) is 8.74. The van der Waals surface area contributed by atoms with Gasteiger partial charge in [-0.05, 0) is 31.2 Å². The summed E-state index contributed by atoms with van der Waals surface area (Å²) in [6.45, 7) is 2.26. The van der Waals surface area contributed by atoms with Gasteiger partial charge in [0.15, 0.2) is 0 Å². The van der Waals surface area contributed by atoms with E-state index in [1.165, 1.54) is 11.0 Å². The van der Waals surface area contributed by atoms with Crippen LogP contribution in [0, 0.1) is 12.7 Å². The number of benzene rings is 2. The van der Waals surface area contributed by atoms with E-state index in [9.17, 15) is 9.18 Å². The van der Waals surface area contributed by atoms with E-state index in [-0.39, 0.29) is 11.7 Å². The fraction of sp³-hybridized carbons (Fsp3) is 0.300. The van der Waals surface area contributed by atoms with Crippen molar-refractivity contribution < 1.29 is 18.7 Å². The molecule has 27 heavy (non-hydrogen) atoms. The zero-order valence-corrected chi connectivity index (χ0v) is 15.4. The van der Waals surface area contributed by atoms with Gasteiger partial charge in [-0.25, -0.2) is 9.37 Å². The van der Waals surface area contributed by atoms with Gasteiger partial charge < -0.3 is 19.4 Å². The molecule has 0 saturated carbocycles. The standard InChI is InChI=1S/C20H20FN3O3/c1-11-22-14-9-12(20(25)24(2)3)10-17(19(14)23-11)27-16-7-8-26-15-6-4-5-13(21)18(15)16/h4-6,9-10,16H,7-8H2,1-3H3,(H,22,23)/t16-/m0/s1. The summed E-state index contributed by atoms with van der Waals surface area (Å²) >= 11 is 0. The molecule has 0 aliphatic carbocycles. The highest BCUT2D eigenvalue weighted by Gasteiger charge is 2.28. The predicted octanol–water partition coefficient (Wildman–Crippen LogP) is 3.61. The summed E-state index contributed by atoms with van der Waals surface area (Å²) in [6, 6.07) is 8.16. The number of aromatic amines is 1. The van der Waals surface area contributed by atoms with Crippen LogP contribution in [0.15, 0.2) is 30.3 Å². The smallest absolute Gasteiger partial charge is 0.253 e. The normalized spacial score (nSPS) is 15.9. The number of ether oxygens (including phenoxy) is 2. The number of amides is 1. The summed E-state index contributed by atoms with van der Waals surface area (Å²) in [6.07, 6.45) is -0.00937. The molecule has 0 saturated heterocycles. The topological polar surface area (TPSA) is 67.5 Å². The van der Waals surface area contributed by atoms with Gasteiger partial charge in [0.05, 0.1) is 17.7 Å². The molecule has 0 fully saturated rings. The number of hydrogen-bond acceptors (Lipinski definition) is 4. The zero-order chi connectivity index (χ0) is 19.1. The molecule has 1 amide bonds. The van der Waals surface area contributed by atoms with Crippen molar-refractivity contribution in [1.29, 1.82) is 0 Å². The summed E-state index contributed by atoms with van der Waals surface area (Å²) in [7, 11) is 3.38. The highest BCUT2D eigenvalue weighted by Crippen LogP contribution is 2.39. The second-order valence-electron chi connectivity index (χ2n) is 6.79. The monoisotopic (exact) mass is 369 g/mol. The van der Waals surface area contributed by atoms with Crippen LogP contribution < -0.4 is 9.47 Å². The summed E-state index contributed by atoms with van der Waals surface area (Å²) < 4.78 is 26.2. The first kappa shape index (κ1) is 17.3. The Labute approximate surface area is 155 Å². The van der Waals surface area contributed by atoms with Crippen molar-refractivity contribution in [2.24, 2.45) is 0 Å². The van der Waals surface area contributed by atoms with Crippen molar-refractivity contribution in [3.05, 3.63) is 53.1 Å². The fourth-order valence-electron chi connectivity index (χ4n) is 3.33. The number of rotatable bonds is 3. The van der Waals surface area contributed by atoms with Gasteiger partial charge in [-0.15, -0.1) is 0 Å². The highest BCUT2D eigenvalue weighted by atomic mass is 19.1. The largest absolute Gasteiger partial charge is 0.493 e. The second-order valence-corrected chi connectivity index (χ2v) is 6.79. The van der Waals surface area contributed by atoms with Crippen LogP contribution in [0.5, 0.6) is 11.5 Å². The fourth-order valence-corrected chi connectivity index (χ4v) is 3.33. The van der Waals surface area contributed by atoms with Crippen LogP contribution in [0.4, 0.5) is 4.39 Å². The summed E-state index contributed by atoms with van der Waals surface area (Å²) in [5.41, 5.74) is 2.20. The van der Waals surface area contributed by atoms with Gasteiger partial charge >= 0.3 is 0 Å². The Hall–Kier alpha value is -3.09. The van der Waals surface area contributed by atoms with Gasteiger partial charge in [-0.2, -0.15) is 0 Å². The Bertz CT molecular complexity index is 1030. The molecule has 4 rings (SSSR count). The maximum absolute atomic E-state index is 14.4. The molecule has 1 aliphatic heterocycles. The molecule has 7 heteroatoms. The molecule has 6 nitrogen and oxygen atoms in total. The van der Waals surface area contributed by atoms with Crippen LogP contribution in [-0.4, -0.2) is 41.5 Å². The van der Waals surface area contributed by atoms with Crippen molar-refractivity contribution in [2.45, 2.75) is 19.4 Å². The number of aromatic nitrogens is 2. The van der Waals surface area contributed by atoms with Crippen molar-refractivity contribution in [3.8, 4) is 11.5 Å². The molecular weight excluding hydrogens is 349 g/mol. The summed E-state index contributed by atoms with van der Waals surface area (Å²) in [5.74, 6) is 1.13. The maximum atomic E-state index is 14.4. The van der Waals surface area contributed by atoms with E-state index < -0.39 is 6.10 Å². The van der Waals surface area contributed by atoms with E-state index in [1.807, 2.05) is 6.92 Å². The Balaban J connectivity index is 1.80. The predicted molar refractivity (Wildman–Crippen MR) is 98.7 cm³/mol. The Morgan fingerprint density at radius 1 is 1.37 bits per heavy atom. The molecule has 1 atom stereocenters. The molecule has 0 radical (unpaired) electrons. The van der Waals surface area contributed by atoms with Gasteiger partial charge in [-0.3, -0.25) is 4.79 Å². The minimum absolute atomic E-state index is 0.146. The lowest BCUT2D eigenvalue weighted by Crippen LogP contribution is -2.22. The van der Waals surface area contributed by atoms with E-state index in [1.54, 1.807) is 38.4 Å². The van der Waals surface area contributed by atoms with Gasteiger partial charge in [0.2, 0.25) is 0 Å². The third-order valence-electron chi connectivity index (χ3n) is 4.56. The summed E-state index contributed by atoms with van der Waals surface area (Å²) in [5, 5.41) is 0. The van der Waals surface area contributed by atoms with Crippen LogP contribution in [0.2, 0.25) is 0 Å². The van der Waals surface area contributed by atoms with E-state index >= 15 is 0 Å². The third-order valence-corrected chi connectivity index (χ3v) is 4.56. The van der Waals surface area contributed by atoms with Crippen molar-refractivity contribution >= 4 is 16.9 Å². The van der Waals surface area contributed by atoms with E-state index in [2.05, 4.69) is 9.97 Å². The average molecular weight is 369 g/mol. The lowest BCUT2D eigenvalue weighted by molar-refractivity contribution is 0.0826. The molecule has 2 heterocycles. The van der Waals surface area contributed by atoms with Gasteiger partial charge in [0.25, 0.3) is 5.91 Å². The number of H-pyrrole nitrogens is 1. The molecule has 0 unspecified atom stereocenters. The quantitative estimate of drug-likeness (QED) is 0.766. The first-order chi connectivity index (χ1) is 12.9. The highest BCUT2D eigenvalue weighted by molar-refractivity contribution is 5.99. The summed E-state index contributed by atoms with van der Waals surface area (Å²) in [4.78, 5) is 21.6. The lowest BCUT2D eigenvalue weighted by atomic mass is 10.0. The van der Waals surface area contributed by atoms with Gasteiger partial charge in [-0.1, -0.05) is 6.07 Å². The van der Waals surface area contributed by atoms with E-state index in [4.69, 9.17) is 9.47 Å². The molecule has 1 N–H and O–H groups in total. The van der Waals surface area contributed by atoms with Crippen molar-refractivity contribution in [3.63, 3.8) is 0 Å². The van der Waals surface area contributed by atoms with Crippen LogP contribution in [0.1, 0.15) is 34.3 Å². The molecule has 3 aromatic rings. The number of imidazole rings is 1. The Morgan fingerprint density at radius 3 is 2.96 bits per heavy atom. The minimum atomic E-state index is -0.514. The molecule has 0 bridgehead atoms. The molecule has 1 aromatic heterocycles. The molecule has 2 aromatic carbocycles. The zero-order valence-electron chi connectivity index (χ0n) is 15.4. The Kier molecular flexibility index (Phi) is 4.22. The molecule has 140 valence electrons. The van der Waals surface area contributed by atoms with Crippen molar-refractivity contribution in [1.82, 2.24) is 14.9 Å². The SMILES string of the molecule is Cc1nc2c(O[C@H]3CCOc4cccc(F)c43)cc(C(=O)N(C)C)cc2[nH]1. The third kappa shape index (κ3) is 3.09. The Morgan fingerprint density at radius 2 is 2.19 bits per heavy atom. The maximum Gasteiger partial charge on any atom is 0.253 e. The lowest BCUT2D eigenvalue weighted by Gasteiger charge is -2.27. The number of carbonyl (C=O) groups excluding carboxylic acids is 1. The molecular formula is C20H20FN3O3. The van der Waals surface area contributed by atoms with Crippen LogP contribution in [0.3, 0.4) is 0 Å². The molecule has 0 spiro atoms. The second kappa shape index (κ2) is 6.57. The van der Waals surface area contributed by atoms with Gasteiger partial charge in [0, 0.05) is 26.1 Å². The number of halogens is 1. The number of nitrogens with zero attached hydrogens (tertiary/aromatic N) is 2. The first-order valence-electron chi connectivity index (χ1n) is 8.74. The number of hydrogen-bond donors (Lipinski definition) is 1. The number of aryl methyl sites for hydroxylation is 1. The minimum Gasteiger partial charge on any atom is -0.493 e. The number of nitrogens with one attached hydrogen (secondary N) is 1. The van der Waals surface area contributed by atoms with Crippen molar-refractivity contribution in [2.75, 3.05) is 20.7 Å². The number of carbonyl (C=O) groups is 1.